The third-order valence-electron chi connectivity index (χ3n) is 2.92. The van der Waals surface area contributed by atoms with Gasteiger partial charge in [-0.05, 0) is 23.8 Å². The minimum atomic E-state index is -2.45. The molecule has 0 aliphatic carbocycles. The SMILES string of the molecule is FC(F)c1ccc(-c2cc3ccc(Cl)nc3[nH]2)cc1. The number of alkyl halides is 2. The summed E-state index contributed by atoms with van der Waals surface area (Å²) < 4.78 is 25.0. The molecule has 0 amide bonds. The maximum atomic E-state index is 12.5. The van der Waals surface area contributed by atoms with Crippen molar-refractivity contribution >= 4 is 22.6 Å². The zero-order valence-corrected chi connectivity index (χ0v) is 10.5. The van der Waals surface area contributed by atoms with Gasteiger partial charge >= 0.3 is 0 Å². The topological polar surface area (TPSA) is 28.7 Å². The van der Waals surface area contributed by atoms with Crippen LogP contribution in [0, 0.1) is 0 Å². The van der Waals surface area contributed by atoms with Crippen LogP contribution < -0.4 is 0 Å². The van der Waals surface area contributed by atoms with E-state index in [0.717, 1.165) is 16.6 Å². The second-order valence-corrected chi connectivity index (χ2v) is 4.56. The predicted octanol–water partition coefficient (Wildman–Crippen LogP) is 4.82. The Hall–Kier alpha value is -1.94. The summed E-state index contributed by atoms with van der Waals surface area (Å²) >= 11 is 5.82. The number of aromatic nitrogens is 2. The van der Waals surface area contributed by atoms with E-state index >= 15 is 0 Å². The van der Waals surface area contributed by atoms with Gasteiger partial charge in [0.2, 0.25) is 0 Å². The Kier molecular flexibility index (Phi) is 2.95. The molecule has 5 heteroatoms. The van der Waals surface area contributed by atoms with Crippen LogP contribution in [0.3, 0.4) is 0 Å². The Morgan fingerprint density at radius 2 is 1.79 bits per heavy atom. The van der Waals surface area contributed by atoms with Gasteiger partial charge in [-0.1, -0.05) is 35.9 Å². The van der Waals surface area contributed by atoms with E-state index in [1.54, 1.807) is 18.2 Å². The van der Waals surface area contributed by atoms with E-state index < -0.39 is 6.43 Å². The van der Waals surface area contributed by atoms with E-state index in [-0.39, 0.29) is 5.56 Å². The van der Waals surface area contributed by atoms with Gasteiger partial charge in [0.1, 0.15) is 10.8 Å². The highest BCUT2D eigenvalue weighted by molar-refractivity contribution is 6.29. The van der Waals surface area contributed by atoms with Crippen LogP contribution in [0.15, 0.2) is 42.5 Å². The van der Waals surface area contributed by atoms with E-state index in [1.165, 1.54) is 12.1 Å². The third-order valence-corrected chi connectivity index (χ3v) is 3.13. The molecule has 2 nitrogen and oxygen atoms in total. The van der Waals surface area contributed by atoms with Gasteiger partial charge in [0, 0.05) is 16.6 Å². The minimum absolute atomic E-state index is 0.0148. The molecule has 1 aromatic carbocycles. The fourth-order valence-electron chi connectivity index (χ4n) is 1.95. The lowest BCUT2D eigenvalue weighted by Gasteiger charge is -2.01. The highest BCUT2D eigenvalue weighted by atomic mass is 35.5. The van der Waals surface area contributed by atoms with E-state index in [0.29, 0.717) is 10.8 Å². The van der Waals surface area contributed by atoms with Gasteiger partial charge < -0.3 is 4.98 Å². The highest BCUT2D eigenvalue weighted by Gasteiger charge is 2.08. The van der Waals surface area contributed by atoms with Crippen molar-refractivity contribution in [1.29, 1.82) is 0 Å². The number of halogens is 3. The van der Waals surface area contributed by atoms with Crippen molar-refractivity contribution in [1.82, 2.24) is 9.97 Å². The number of nitrogens with zero attached hydrogens (tertiary/aromatic N) is 1. The molecule has 2 heterocycles. The van der Waals surface area contributed by atoms with Crippen LogP contribution in [-0.4, -0.2) is 9.97 Å². The van der Waals surface area contributed by atoms with Crippen LogP contribution in [0.5, 0.6) is 0 Å². The largest absolute Gasteiger partial charge is 0.339 e. The lowest BCUT2D eigenvalue weighted by atomic mass is 10.1. The van der Waals surface area contributed by atoms with Gasteiger partial charge in [-0.25, -0.2) is 13.8 Å². The Balaban J connectivity index is 2.03. The Morgan fingerprint density at radius 3 is 2.47 bits per heavy atom. The standard InChI is InChI=1S/C14H9ClF2N2/c15-12-6-5-10-7-11(18-14(10)19-12)8-1-3-9(4-2-8)13(16)17/h1-7,13H,(H,18,19). The Morgan fingerprint density at radius 1 is 1.05 bits per heavy atom. The number of pyridine rings is 1. The summed E-state index contributed by atoms with van der Waals surface area (Å²) in [6.45, 7) is 0. The fourth-order valence-corrected chi connectivity index (χ4v) is 2.09. The number of benzene rings is 1. The number of rotatable bonds is 2. The molecule has 0 fully saturated rings. The average Bonchev–Trinajstić information content (AvgIpc) is 2.81. The predicted molar refractivity (Wildman–Crippen MR) is 71.5 cm³/mol. The molecule has 96 valence electrons. The van der Waals surface area contributed by atoms with E-state index in [9.17, 15) is 8.78 Å². The van der Waals surface area contributed by atoms with Crippen molar-refractivity contribution in [2.45, 2.75) is 6.43 Å². The van der Waals surface area contributed by atoms with Crippen LogP contribution in [0.25, 0.3) is 22.3 Å². The molecule has 3 aromatic rings. The second kappa shape index (κ2) is 4.63. The summed E-state index contributed by atoms with van der Waals surface area (Å²) in [5.41, 5.74) is 2.35. The number of nitrogens with one attached hydrogen (secondary N) is 1. The lowest BCUT2D eigenvalue weighted by Crippen LogP contribution is -1.84. The first-order chi connectivity index (χ1) is 9.13. The first kappa shape index (κ1) is 12.1. The second-order valence-electron chi connectivity index (χ2n) is 4.18. The van der Waals surface area contributed by atoms with Crippen LogP contribution in [0.1, 0.15) is 12.0 Å². The zero-order chi connectivity index (χ0) is 13.4. The summed E-state index contributed by atoms with van der Waals surface area (Å²) in [6, 6.07) is 11.6. The van der Waals surface area contributed by atoms with E-state index in [2.05, 4.69) is 9.97 Å². The summed E-state index contributed by atoms with van der Waals surface area (Å²) in [5, 5.41) is 1.34. The smallest absolute Gasteiger partial charge is 0.263 e. The molecule has 0 spiro atoms. The quantitative estimate of drug-likeness (QED) is 0.669. The molecule has 1 N–H and O–H groups in total. The van der Waals surface area contributed by atoms with Crippen molar-refractivity contribution in [3.05, 3.63) is 53.2 Å². The molecule has 0 aliphatic heterocycles. The first-order valence-corrected chi connectivity index (χ1v) is 6.05. The average molecular weight is 279 g/mol. The van der Waals surface area contributed by atoms with Crippen molar-refractivity contribution in [3.8, 4) is 11.3 Å². The van der Waals surface area contributed by atoms with E-state index in [1.807, 2.05) is 12.1 Å². The lowest BCUT2D eigenvalue weighted by molar-refractivity contribution is 0.151. The summed E-state index contributed by atoms with van der Waals surface area (Å²) in [4.78, 5) is 7.28. The zero-order valence-electron chi connectivity index (χ0n) is 9.70. The fraction of sp³-hybridized carbons (Fsp3) is 0.0714. The Bertz CT molecular complexity index is 720. The third kappa shape index (κ3) is 2.31. The molecule has 0 atom stereocenters. The number of hydrogen-bond acceptors (Lipinski definition) is 1. The minimum Gasteiger partial charge on any atom is -0.339 e. The van der Waals surface area contributed by atoms with Gasteiger partial charge in [-0.2, -0.15) is 0 Å². The Labute approximate surface area is 113 Å². The van der Waals surface area contributed by atoms with Crippen LogP contribution in [0.2, 0.25) is 5.15 Å². The molecular weight excluding hydrogens is 270 g/mol. The monoisotopic (exact) mass is 278 g/mol. The molecular formula is C14H9ClF2N2. The van der Waals surface area contributed by atoms with Crippen molar-refractivity contribution < 1.29 is 8.78 Å². The normalized spacial score (nSPS) is 11.4. The molecule has 19 heavy (non-hydrogen) atoms. The van der Waals surface area contributed by atoms with Crippen molar-refractivity contribution in [2.75, 3.05) is 0 Å². The van der Waals surface area contributed by atoms with Crippen LogP contribution in [-0.2, 0) is 0 Å². The summed E-state index contributed by atoms with van der Waals surface area (Å²) in [7, 11) is 0. The molecule has 3 rings (SSSR count). The summed E-state index contributed by atoms with van der Waals surface area (Å²) in [6.07, 6.45) is -2.45. The van der Waals surface area contributed by atoms with Crippen LogP contribution in [0.4, 0.5) is 8.78 Å². The number of fused-ring (bicyclic) bond motifs is 1. The maximum absolute atomic E-state index is 12.5. The molecule has 0 aliphatic rings. The number of hydrogen-bond donors (Lipinski definition) is 1. The molecule has 0 radical (unpaired) electrons. The van der Waals surface area contributed by atoms with Crippen LogP contribution >= 0.6 is 11.6 Å². The molecule has 0 bridgehead atoms. The molecule has 2 aromatic heterocycles. The van der Waals surface area contributed by atoms with Crippen molar-refractivity contribution in [3.63, 3.8) is 0 Å². The van der Waals surface area contributed by atoms with Gasteiger partial charge in [0.15, 0.2) is 0 Å². The van der Waals surface area contributed by atoms with Crippen molar-refractivity contribution in [2.24, 2.45) is 0 Å². The van der Waals surface area contributed by atoms with Gasteiger partial charge in [-0.3, -0.25) is 0 Å². The summed E-state index contributed by atoms with van der Waals surface area (Å²) in [5.74, 6) is 0. The van der Waals surface area contributed by atoms with Gasteiger partial charge in [0.05, 0.1) is 0 Å². The molecule has 0 unspecified atom stereocenters. The molecule has 0 saturated carbocycles. The van der Waals surface area contributed by atoms with E-state index in [4.69, 9.17) is 11.6 Å². The first-order valence-electron chi connectivity index (χ1n) is 5.67. The molecule has 0 saturated heterocycles. The highest BCUT2D eigenvalue weighted by Crippen LogP contribution is 2.26. The number of H-pyrrole nitrogens is 1. The maximum Gasteiger partial charge on any atom is 0.263 e. The number of aromatic amines is 1. The van der Waals surface area contributed by atoms with Gasteiger partial charge in [0.25, 0.3) is 6.43 Å². The van der Waals surface area contributed by atoms with Gasteiger partial charge in [-0.15, -0.1) is 0 Å².